The Morgan fingerprint density at radius 1 is 1.21 bits per heavy atom. The average molecular weight is 346 g/mol. The number of hydrogen-bond donors (Lipinski definition) is 1. The van der Waals surface area contributed by atoms with Crippen molar-refractivity contribution >= 4 is 22.0 Å². The van der Waals surface area contributed by atoms with E-state index < -0.39 is 16.3 Å². The summed E-state index contributed by atoms with van der Waals surface area (Å²) in [4.78, 5) is 1.47. The number of benzene rings is 2. The van der Waals surface area contributed by atoms with Gasteiger partial charge in [0.05, 0.1) is 5.69 Å². The molecule has 0 aromatic heterocycles. The number of hydrogen-bond acceptors (Lipinski definition) is 5. The molecule has 0 saturated carbocycles. The molecule has 24 heavy (non-hydrogen) atoms. The normalized spacial score (nSPS) is 16.5. The van der Waals surface area contributed by atoms with Gasteiger partial charge in [0.25, 0.3) is 10.0 Å². The molecule has 0 aliphatic carbocycles. The molecule has 7 heteroatoms. The first-order valence-electron chi connectivity index (χ1n) is 7.59. The predicted octanol–water partition coefficient (Wildman–Crippen LogP) is 2.53. The number of anilines is 1. The van der Waals surface area contributed by atoms with E-state index in [2.05, 4.69) is 4.40 Å². The highest BCUT2D eigenvalue weighted by atomic mass is 32.2. The summed E-state index contributed by atoms with van der Waals surface area (Å²) in [5.41, 5.74) is 1.38. The van der Waals surface area contributed by atoms with Gasteiger partial charge in [0.15, 0.2) is 0 Å². The topological polar surface area (TPSA) is 79.2 Å². The molecule has 0 saturated heterocycles. The van der Waals surface area contributed by atoms with Gasteiger partial charge < -0.3 is 14.7 Å². The lowest BCUT2D eigenvalue weighted by Gasteiger charge is -2.29. The van der Waals surface area contributed by atoms with Crippen LogP contribution in [0, 0.1) is 0 Å². The molecular formula is C17H18N2O4S. The molecule has 0 radical (unpaired) electrons. The van der Waals surface area contributed by atoms with Gasteiger partial charge in [-0.25, -0.2) is 0 Å². The second-order valence-corrected chi connectivity index (χ2v) is 7.00. The number of nitrogens with zero attached hydrogens (tertiary/aromatic N) is 2. The van der Waals surface area contributed by atoms with E-state index in [4.69, 9.17) is 4.74 Å². The first-order chi connectivity index (χ1) is 11.5. The van der Waals surface area contributed by atoms with Crippen LogP contribution in [-0.4, -0.2) is 26.1 Å². The van der Waals surface area contributed by atoms with Crippen LogP contribution in [0.15, 0.2) is 57.8 Å². The van der Waals surface area contributed by atoms with Crippen LogP contribution in [0.1, 0.15) is 18.9 Å². The van der Waals surface area contributed by atoms with Crippen LogP contribution in [0.25, 0.3) is 0 Å². The van der Waals surface area contributed by atoms with E-state index in [1.807, 2.05) is 30.3 Å². The van der Waals surface area contributed by atoms with Crippen molar-refractivity contribution in [3.8, 4) is 5.75 Å². The Hall–Kier alpha value is -2.38. The van der Waals surface area contributed by atoms with Gasteiger partial charge in [-0.1, -0.05) is 37.3 Å². The zero-order valence-electron chi connectivity index (χ0n) is 13.2. The molecule has 126 valence electrons. The number of sulfonamides is 1. The molecule has 1 heterocycles. The summed E-state index contributed by atoms with van der Waals surface area (Å²) < 4.78 is 33.6. The Bertz CT molecular complexity index is 850. The largest absolute Gasteiger partial charge is 0.489 e. The van der Waals surface area contributed by atoms with Gasteiger partial charge in [0.1, 0.15) is 29.8 Å². The molecule has 0 spiro atoms. The maximum absolute atomic E-state index is 12.2. The van der Waals surface area contributed by atoms with E-state index in [1.54, 1.807) is 19.1 Å². The second kappa shape index (κ2) is 6.62. The lowest BCUT2D eigenvalue weighted by molar-refractivity contribution is 0.180. The standard InChI is InChI=1S/C17H18N2O4S/c1-2-17(20)19-12-18-24(21,22)16-10-14(8-9-15(16)19)23-11-13-6-4-3-5-7-13/h3-10,12,17,20H,2,11H2,1H3. The summed E-state index contributed by atoms with van der Waals surface area (Å²) >= 11 is 0. The molecule has 6 nitrogen and oxygen atoms in total. The van der Waals surface area contributed by atoms with Gasteiger partial charge in [-0.15, -0.1) is 4.40 Å². The van der Waals surface area contributed by atoms with E-state index in [0.29, 0.717) is 24.5 Å². The third-order valence-electron chi connectivity index (χ3n) is 3.73. The molecule has 2 aromatic carbocycles. The molecule has 1 unspecified atom stereocenters. The van der Waals surface area contributed by atoms with Crippen LogP contribution < -0.4 is 9.64 Å². The van der Waals surface area contributed by atoms with Crippen molar-refractivity contribution in [3.05, 3.63) is 54.1 Å². The summed E-state index contributed by atoms with van der Waals surface area (Å²) in [7, 11) is -3.79. The van der Waals surface area contributed by atoms with Crippen molar-refractivity contribution in [1.29, 1.82) is 0 Å². The number of aliphatic hydroxyl groups is 1. The molecular weight excluding hydrogens is 328 g/mol. The minimum absolute atomic E-state index is 0.0306. The van der Waals surface area contributed by atoms with Crippen LogP contribution in [-0.2, 0) is 16.6 Å². The first kappa shape index (κ1) is 16.5. The van der Waals surface area contributed by atoms with E-state index in [-0.39, 0.29) is 4.90 Å². The highest BCUT2D eigenvalue weighted by molar-refractivity contribution is 7.90. The van der Waals surface area contributed by atoms with Crippen molar-refractivity contribution in [2.24, 2.45) is 4.40 Å². The summed E-state index contributed by atoms with van der Waals surface area (Å²) in [5, 5.41) is 10.0. The number of aliphatic hydroxyl groups excluding tert-OH is 1. The Morgan fingerprint density at radius 3 is 2.67 bits per heavy atom. The number of fused-ring (bicyclic) bond motifs is 1. The third kappa shape index (κ3) is 3.27. The number of ether oxygens (including phenoxy) is 1. The van der Waals surface area contributed by atoms with Crippen molar-refractivity contribution < 1.29 is 18.3 Å². The second-order valence-electron chi connectivity index (χ2n) is 5.40. The molecule has 3 rings (SSSR count). The zero-order chi connectivity index (χ0) is 17.2. The van der Waals surface area contributed by atoms with Crippen LogP contribution in [0.5, 0.6) is 5.75 Å². The smallest absolute Gasteiger partial charge is 0.285 e. The lowest BCUT2D eigenvalue weighted by Crippen LogP contribution is -2.36. The SMILES string of the molecule is CCC(O)N1C=NS(=O)(=O)c2cc(OCc3ccccc3)ccc21. The van der Waals surface area contributed by atoms with E-state index in [9.17, 15) is 13.5 Å². The van der Waals surface area contributed by atoms with Crippen LogP contribution in [0.3, 0.4) is 0 Å². The summed E-state index contributed by atoms with van der Waals surface area (Å²) in [6, 6.07) is 14.4. The molecule has 1 N–H and O–H groups in total. The highest BCUT2D eigenvalue weighted by Gasteiger charge is 2.28. The molecule has 1 aliphatic heterocycles. The Kier molecular flexibility index (Phi) is 4.55. The fourth-order valence-corrected chi connectivity index (χ4v) is 3.45. The Balaban J connectivity index is 1.89. The summed E-state index contributed by atoms with van der Waals surface area (Å²) in [6.07, 6.45) is 0.757. The van der Waals surface area contributed by atoms with Crippen molar-refractivity contribution in [3.63, 3.8) is 0 Å². The maximum atomic E-state index is 12.2. The van der Waals surface area contributed by atoms with E-state index in [0.717, 1.165) is 11.9 Å². The lowest BCUT2D eigenvalue weighted by atomic mass is 10.2. The van der Waals surface area contributed by atoms with Gasteiger partial charge >= 0.3 is 0 Å². The Morgan fingerprint density at radius 2 is 1.96 bits per heavy atom. The fourth-order valence-electron chi connectivity index (χ4n) is 2.41. The summed E-state index contributed by atoms with van der Waals surface area (Å²) in [5.74, 6) is 0.434. The quantitative estimate of drug-likeness (QED) is 0.900. The van der Waals surface area contributed by atoms with Gasteiger partial charge in [0, 0.05) is 6.07 Å². The zero-order valence-corrected chi connectivity index (χ0v) is 14.0. The van der Waals surface area contributed by atoms with Crippen molar-refractivity contribution in [2.75, 3.05) is 4.90 Å². The molecule has 1 atom stereocenters. The van der Waals surface area contributed by atoms with Gasteiger partial charge in [0.2, 0.25) is 0 Å². The van der Waals surface area contributed by atoms with Crippen LogP contribution in [0.2, 0.25) is 0 Å². The monoisotopic (exact) mass is 346 g/mol. The molecule has 0 bridgehead atoms. The summed E-state index contributed by atoms with van der Waals surface area (Å²) in [6.45, 7) is 2.14. The first-order valence-corrected chi connectivity index (χ1v) is 9.03. The van der Waals surface area contributed by atoms with Gasteiger partial charge in [-0.3, -0.25) is 0 Å². The van der Waals surface area contributed by atoms with Crippen LogP contribution >= 0.6 is 0 Å². The maximum Gasteiger partial charge on any atom is 0.285 e. The Labute approximate surface area is 141 Å². The van der Waals surface area contributed by atoms with Crippen molar-refractivity contribution in [2.45, 2.75) is 31.1 Å². The van der Waals surface area contributed by atoms with E-state index in [1.165, 1.54) is 11.0 Å². The van der Waals surface area contributed by atoms with E-state index >= 15 is 0 Å². The fraction of sp³-hybridized carbons (Fsp3) is 0.235. The predicted molar refractivity (Wildman–Crippen MR) is 91.7 cm³/mol. The molecule has 1 aliphatic rings. The van der Waals surface area contributed by atoms with Crippen molar-refractivity contribution in [1.82, 2.24) is 0 Å². The van der Waals surface area contributed by atoms with Gasteiger partial charge in [-0.2, -0.15) is 8.42 Å². The molecule has 0 amide bonds. The molecule has 0 fully saturated rings. The third-order valence-corrected chi connectivity index (χ3v) is 4.99. The number of rotatable bonds is 5. The minimum atomic E-state index is -3.79. The minimum Gasteiger partial charge on any atom is -0.489 e. The average Bonchev–Trinajstić information content (AvgIpc) is 2.60. The van der Waals surface area contributed by atoms with Gasteiger partial charge in [-0.05, 0) is 24.1 Å². The van der Waals surface area contributed by atoms with Crippen LogP contribution in [0.4, 0.5) is 5.69 Å². The molecule has 2 aromatic rings. The highest BCUT2D eigenvalue weighted by Crippen LogP contribution is 2.34.